The van der Waals surface area contributed by atoms with Gasteiger partial charge in [0.15, 0.2) is 0 Å². The molecule has 0 aromatic heterocycles. The van der Waals surface area contributed by atoms with Gasteiger partial charge in [0, 0.05) is 6.42 Å². The molecule has 0 bridgehead atoms. The largest absolute Gasteiger partial charge is 0.481 e. The first-order chi connectivity index (χ1) is 10.6. The summed E-state index contributed by atoms with van der Waals surface area (Å²) in [5, 5.41) is 19.5. The topological polar surface area (TPSA) is 104 Å². The Bertz CT molecular complexity index is 600. The third-order valence-corrected chi connectivity index (χ3v) is 2.90. The molecule has 0 aliphatic carbocycles. The lowest BCUT2D eigenvalue weighted by molar-refractivity contribution is -0.143. The summed E-state index contributed by atoms with van der Waals surface area (Å²) < 4.78 is 37.7. The molecule has 0 spiro atoms. The molecule has 1 aromatic rings. The molecule has 0 heterocycles. The van der Waals surface area contributed by atoms with Crippen LogP contribution in [0, 0.1) is 0 Å². The fraction of sp³-hybridized carbons (Fsp3) is 0.357. The molecule has 0 saturated heterocycles. The van der Waals surface area contributed by atoms with Gasteiger partial charge in [-0.3, -0.25) is 9.59 Å². The number of hydrogen-bond acceptors (Lipinski definition) is 3. The lowest BCUT2D eigenvalue weighted by Gasteiger charge is -2.14. The maximum atomic E-state index is 12.6. The van der Waals surface area contributed by atoms with E-state index in [0.717, 1.165) is 18.2 Å². The molecule has 0 aliphatic rings. The van der Waals surface area contributed by atoms with Crippen molar-refractivity contribution in [3.8, 4) is 0 Å². The van der Waals surface area contributed by atoms with Gasteiger partial charge in [0.1, 0.15) is 6.04 Å². The highest BCUT2D eigenvalue weighted by molar-refractivity contribution is 5.85. The Kier molecular flexibility index (Phi) is 6.11. The second-order valence-electron chi connectivity index (χ2n) is 4.77. The van der Waals surface area contributed by atoms with Crippen LogP contribution in [0.4, 0.5) is 13.2 Å². The summed E-state index contributed by atoms with van der Waals surface area (Å²) in [5.74, 6) is -3.44. The lowest BCUT2D eigenvalue weighted by atomic mass is 10.1. The van der Waals surface area contributed by atoms with Crippen LogP contribution in [-0.2, 0) is 27.0 Å². The van der Waals surface area contributed by atoms with Crippen LogP contribution in [0.1, 0.15) is 24.0 Å². The van der Waals surface area contributed by atoms with Crippen molar-refractivity contribution in [1.29, 1.82) is 0 Å². The molecular formula is C14H14F3NO5. The van der Waals surface area contributed by atoms with E-state index in [0.29, 0.717) is 0 Å². The Hall–Kier alpha value is -2.58. The summed E-state index contributed by atoms with van der Waals surface area (Å²) >= 11 is 0. The Labute approximate surface area is 128 Å². The molecule has 3 N–H and O–H groups in total. The smallest absolute Gasteiger partial charge is 0.416 e. The Morgan fingerprint density at radius 3 is 2.35 bits per heavy atom. The van der Waals surface area contributed by atoms with Crippen LogP contribution < -0.4 is 5.32 Å². The highest BCUT2D eigenvalue weighted by Crippen LogP contribution is 2.29. The molecule has 0 unspecified atom stereocenters. The molecule has 23 heavy (non-hydrogen) atoms. The summed E-state index contributed by atoms with van der Waals surface area (Å²) in [6.07, 6.45) is -5.77. The summed E-state index contributed by atoms with van der Waals surface area (Å²) in [6.45, 7) is 0. The number of carbonyl (C=O) groups is 3. The number of halogens is 3. The molecule has 1 rings (SSSR count). The highest BCUT2D eigenvalue weighted by Gasteiger charge is 2.30. The average Bonchev–Trinajstić information content (AvgIpc) is 2.42. The van der Waals surface area contributed by atoms with Crippen LogP contribution in [0.25, 0.3) is 0 Å². The van der Waals surface area contributed by atoms with Crippen LogP contribution >= 0.6 is 0 Å². The van der Waals surface area contributed by atoms with Gasteiger partial charge >= 0.3 is 18.1 Å². The number of amides is 1. The Morgan fingerprint density at radius 2 is 1.83 bits per heavy atom. The molecule has 0 fully saturated rings. The molecule has 1 aromatic carbocycles. The van der Waals surface area contributed by atoms with E-state index in [-0.39, 0.29) is 12.0 Å². The molecule has 0 aliphatic heterocycles. The van der Waals surface area contributed by atoms with Gasteiger partial charge in [-0.25, -0.2) is 4.79 Å². The number of aliphatic carboxylic acids is 2. The second kappa shape index (κ2) is 7.61. The molecule has 0 radical (unpaired) electrons. The quantitative estimate of drug-likeness (QED) is 0.704. The van der Waals surface area contributed by atoms with Crippen molar-refractivity contribution in [2.75, 3.05) is 0 Å². The minimum Gasteiger partial charge on any atom is -0.481 e. The molecular weight excluding hydrogens is 319 g/mol. The van der Waals surface area contributed by atoms with Crippen molar-refractivity contribution >= 4 is 17.8 Å². The van der Waals surface area contributed by atoms with Gasteiger partial charge in [0.25, 0.3) is 0 Å². The summed E-state index contributed by atoms with van der Waals surface area (Å²) in [5.41, 5.74) is -0.844. The van der Waals surface area contributed by atoms with Crippen LogP contribution in [0.5, 0.6) is 0 Å². The molecule has 1 atom stereocenters. The summed E-state index contributed by atoms with van der Waals surface area (Å²) in [7, 11) is 0. The predicted octanol–water partition coefficient (Wildman–Crippen LogP) is 1.68. The fourth-order valence-electron chi connectivity index (χ4n) is 1.81. The highest BCUT2D eigenvalue weighted by atomic mass is 19.4. The number of rotatable bonds is 7. The second-order valence-corrected chi connectivity index (χ2v) is 4.77. The summed E-state index contributed by atoms with van der Waals surface area (Å²) in [4.78, 5) is 33.1. The van der Waals surface area contributed by atoms with Gasteiger partial charge in [0.05, 0.1) is 12.0 Å². The molecule has 126 valence electrons. The molecule has 9 heteroatoms. The van der Waals surface area contributed by atoms with E-state index in [4.69, 9.17) is 10.2 Å². The summed E-state index contributed by atoms with van der Waals surface area (Å²) in [6, 6.07) is 2.69. The van der Waals surface area contributed by atoms with E-state index < -0.39 is 48.5 Å². The van der Waals surface area contributed by atoms with E-state index in [2.05, 4.69) is 5.32 Å². The van der Waals surface area contributed by atoms with Gasteiger partial charge < -0.3 is 15.5 Å². The lowest BCUT2D eigenvalue weighted by Crippen LogP contribution is -2.41. The number of benzene rings is 1. The van der Waals surface area contributed by atoms with Crippen molar-refractivity contribution in [1.82, 2.24) is 5.32 Å². The number of carboxylic acids is 2. The average molecular weight is 333 g/mol. The van der Waals surface area contributed by atoms with Crippen molar-refractivity contribution in [2.24, 2.45) is 0 Å². The van der Waals surface area contributed by atoms with Gasteiger partial charge in [0.2, 0.25) is 5.91 Å². The zero-order valence-corrected chi connectivity index (χ0v) is 11.8. The standard InChI is InChI=1S/C14H14F3NO5/c15-14(16,17)9-3-1-2-8(6-9)7-11(19)18-10(13(22)23)4-5-12(20)21/h1-3,6,10H,4-5,7H2,(H,18,19)(H,20,21)(H,22,23)/t10-/m0/s1. The Morgan fingerprint density at radius 1 is 1.17 bits per heavy atom. The minimum atomic E-state index is -4.54. The van der Waals surface area contributed by atoms with E-state index >= 15 is 0 Å². The van der Waals surface area contributed by atoms with E-state index in [1.165, 1.54) is 6.07 Å². The number of carbonyl (C=O) groups excluding carboxylic acids is 1. The van der Waals surface area contributed by atoms with Crippen molar-refractivity contribution in [3.05, 3.63) is 35.4 Å². The Balaban J connectivity index is 2.71. The van der Waals surface area contributed by atoms with Gasteiger partial charge in [-0.2, -0.15) is 13.2 Å². The van der Waals surface area contributed by atoms with E-state index in [1.807, 2.05) is 0 Å². The van der Waals surface area contributed by atoms with Crippen LogP contribution in [0.3, 0.4) is 0 Å². The van der Waals surface area contributed by atoms with Gasteiger partial charge in [-0.05, 0) is 18.1 Å². The monoisotopic (exact) mass is 333 g/mol. The zero-order valence-electron chi connectivity index (χ0n) is 11.8. The first-order valence-electron chi connectivity index (χ1n) is 6.49. The van der Waals surface area contributed by atoms with Gasteiger partial charge in [-0.15, -0.1) is 0 Å². The molecule has 0 saturated carbocycles. The molecule has 1 amide bonds. The zero-order chi connectivity index (χ0) is 17.6. The maximum absolute atomic E-state index is 12.6. The van der Waals surface area contributed by atoms with Crippen molar-refractivity contribution < 1.29 is 37.8 Å². The molecule has 6 nitrogen and oxygen atoms in total. The SMILES string of the molecule is O=C(O)CC[C@H](NC(=O)Cc1cccc(C(F)(F)F)c1)C(=O)O. The number of alkyl halides is 3. The van der Waals surface area contributed by atoms with E-state index in [9.17, 15) is 27.6 Å². The van der Waals surface area contributed by atoms with Crippen LogP contribution in [0.2, 0.25) is 0 Å². The van der Waals surface area contributed by atoms with Crippen molar-refractivity contribution in [2.45, 2.75) is 31.5 Å². The van der Waals surface area contributed by atoms with E-state index in [1.54, 1.807) is 0 Å². The first-order valence-corrected chi connectivity index (χ1v) is 6.49. The minimum absolute atomic E-state index is 0.0692. The van der Waals surface area contributed by atoms with Crippen LogP contribution in [0.15, 0.2) is 24.3 Å². The maximum Gasteiger partial charge on any atom is 0.416 e. The number of hydrogen-bond donors (Lipinski definition) is 3. The third-order valence-electron chi connectivity index (χ3n) is 2.90. The van der Waals surface area contributed by atoms with Crippen LogP contribution in [-0.4, -0.2) is 34.1 Å². The normalized spacial score (nSPS) is 12.5. The van der Waals surface area contributed by atoms with Gasteiger partial charge in [-0.1, -0.05) is 18.2 Å². The third kappa shape index (κ3) is 6.37. The van der Waals surface area contributed by atoms with Crippen molar-refractivity contribution in [3.63, 3.8) is 0 Å². The first kappa shape index (κ1) is 18.5. The number of nitrogens with one attached hydrogen (secondary N) is 1. The number of carboxylic acid groups (broad SMARTS) is 2. The predicted molar refractivity (Wildman–Crippen MR) is 71.6 cm³/mol. The fourth-order valence-corrected chi connectivity index (χ4v) is 1.81.